The molecular weight excluding hydrogens is 468 g/mol. The van der Waals surface area contributed by atoms with Crippen molar-refractivity contribution in [1.29, 1.82) is 0 Å². The SMILES string of the molecule is C#CCOc1c(Cl)cc(C=Nc2ccc([C@@H]3Nc4ccc(C)cc4[C@H]4C=CC[C@@H]43)cc2)cc1OCC. The van der Waals surface area contributed by atoms with Gasteiger partial charge in [0.05, 0.1) is 23.4 Å². The molecule has 3 aromatic rings. The standard InChI is InChI=1S/C31H29ClN2O2/c1-4-15-36-31-27(32)17-21(18-29(31)35-5-2)19-33-23-12-10-22(11-13-23)30-25-8-6-7-24(25)26-16-20(3)9-14-28(26)34-30/h1,6-7,9-14,16-19,24-25,30,34H,5,8,15H2,2-3H3/t24-,25-,30-/m0/s1. The first-order valence-corrected chi connectivity index (χ1v) is 12.7. The maximum absolute atomic E-state index is 6.44. The van der Waals surface area contributed by atoms with Gasteiger partial charge in [-0.1, -0.05) is 59.5 Å². The van der Waals surface area contributed by atoms with E-state index in [1.807, 2.05) is 13.0 Å². The van der Waals surface area contributed by atoms with Crippen molar-refractivity contribution in [2.75, 3.05) is 18.5 Å². The third kappa shape index (κ3) is 4.85. The summed E-state index contributed by atoms with van der Waals surface area (Å²) in [5, 5.41) is 4.24. The summed E-state index contributed by atoms with van der Waals surface area (Å²) in [6.07, 6.45) is 12.9. The zero-order valence-corrected chi connectivity index (χ0v) is 21.3. The lowest BCUT2D eigenvalue weighted by atomic mass is 9.76. The molecule has 0 saturated heterocycles. The topological polar surface area (TPSA) is 42.8 Å². The van der Waals surface area contributed by atoms with Gasteiger partial charge in [-0.05, 0) is 73.2 Å². The van der Waals surface area contributed by atoms with Crippen LogP contribution in [0.4, 0.5) is 11.4 Å². The summed E-state index contributed by atoms with van der Waals surface area (Å²) in [6, 6.07) is 19.1. The van der Waals surface area contributed by atoms with Gasteiger partial charge >= 0.3 is 0 Å². The minimum Gasteiger partial charge on any atom is -0.490 e. The second kappa shape index (κ2) is 10.5. The van der Waals surface area contributed by atoms with Crippen LogP contribution in [0.2, 0.25) is 5.02 Å². The molecule has 0 radical (unpaired) electrons. The number of benzene rings is 3. The minimum absolute atomic E-state index is 0.123. The summed E-state index contributed by atoms with van der Waals surface area (Å²) in [5.41, 5.74) is 6.91. The molecule has 3 atom stereocenters. The van der Waals surface area contributed by atoms with Crippen molar-refractivity contribution in [2.45, 2.75) is 32.2 Å². The van der Waals surface area contributed by atoms with Crippen molar-refractivity contribution >= 4 is 29.2 Å². The molecule has 0 amide bonds. The van der Waals surface area contributed by atoms with Crippen LogP contribution in [0, 0.1) is 25.2 Å². The number of aryl methyl sites for hydroxylation is 1. The average molecular weight is 497 g/mol. The van der Waals surface area contributed by atoms with Crippen LogP contribution in [-0.4, -0.2) is 19.4 Å². The molecule has 36 heavy (non-hydrogen) atoms. The van der Waals surface area contributed by atoms with Gasteiger partial charge in [0.15, 0.2) is 11.5 Å². The Labute approximate surface area is 218 Å². The number of anilines is 1. The van der Waals surface area contributed by atoms with Gasteiger partial charge in [0.2, 0.25) is 0 Å². The van der Waals surface area contributed by atoms with Crippen LogP contribution in [0.25, 0.3) is 0 Å². The highest BCUT2D eigenvalue weighted by atomic mass is 35.5. The number of aliphatic imine (C=N–C) groups is 1. The predicted octanol–water partition coefficient (Wildman–Crippen LogP) is 7.64. The maximum Gasteiger partial charge on any atom is 0.181 e. The molecule has 2 aliphatic rings. The first-order chi connectivity index (χ1) is 17.6. The zero-order valence-electron chi connectivity index (χ0n) is 20.5. The van der Waals surface area contributed by atoms with Crippen LogP contribution in [0.5, 0.6) is 11.5 Å². The van der Waals surface area contributed by atoms with Crippen molar-refractivity contribution in [1.82, 2.24) is 0 Å². The number of nitrogens with zero attached hydrogens (tertiary/aromatic N) is 1. The number of allylic oxidation sites excluding steroid dienone is 2. The lowest BCUT2D eigenvalue weighted by molar-refractivity contribution is 0.299. The van der Waals surface area contributed by atoms with Gasteiger partial charge in [0, 0.05) is 17.8 Å². The summed E-state index contributed by atoms with van der Waals surface area (Å²) < 4.78 is 11.3. The lowest BCUT2D eigenvalue weighted by Gasteiger charge is -2.37. The third-order valence-corrected chi connectivity index (χ3v) is 7.05. The van der Waals surface area contributed by atoms with E-state index in [4.69, 9.17) is 27.5 Å². The van der Waals surface area contributed by atoms with Crippen LogP contribution in [0.3, 0.4) is 0 Å². The molecule has 1 aliphatic heterocycles. The summed E-state index contributed by atoms with van der Waals surface area (Å²) in [4.78, 5) is 4.66. The maximum atomic E-state index is 6.44. The normalized spacial score (nSPS) is 19.9. The molecule has 0 bridgehead atoms. The summed E-state index contributed by atoms with van der Waals surface area (Å²) in [6.45, 7) is 4.68. The van der Waals surface area contributed by atoms with Gasteiger partial charge in [-0.3, -0.25) is 4.99 Å². The Morgan fingerprint density at radius 1 is 1.14 bits per heavy atom. The summed E-state index contributed by atoms with van der Waals surface area (Å²) in [7, 11) is 0. The van der Waals surface area contributed by atoms with Crippen LogP contribution < -0.4 is 14.8 Å². The van der Waals surface area contributed by atoms with E-state index in [2.05, 4.69) is 77.8 Å². The zero-order chi connectivity index (χ0) is 25.1. The van der Waals surface area contributed by atoms with E-state index in [9.17, 15) is 0 Å². The van der Waals surface area contributed by atoms with Crippen molar-refractivity contribution < 1.29 is 9.47 Å². The Kier molecular flexibility index (Phi) is 7.02. The number of rotatable bonds is 7. The van der Waals surface area contributed by atoms with Crippen LogP contribution in [0.15, 0.2) is 71.7 Å². The largest absolute Gasteiger partial charge is 0.490 e. The molecule has 0 saturated carbocycles. The Hall–Kier alpha value is -3.68. The Morgan fingerprint density at radius 3 is 2.75 bits per heavy atom. The molecule has 182 valence electrons. The van der Waals surface area contributed by atoms with Crippen molar-refractivity contribution in [3.8, 4) is 23.8 Å². The first-order valence-electron chi connectivity index (χ1n) is 12.3. The fourth-order valence-corrected chi connectivity index (χ4v) is 5.41. The van der Waals surface area contributed by atoms with Gasteiger partial charge in [0.1, 0.15) is 6.61 Å². The highest BCUT2D eigenvalue weighted by molar-refractivity contribution is 6.32. The predicted molar refractivity (Wildman–Crippen MR) is 148 cm³/mol. The van der Waals surface area contributed by atoms with Gasteiger partial charge in [-0.2, -0.15) is 0 Å². The molecule has 0 aromatic heterocycles. The van der Waals surface area contributed by atoms with Crippen LogP contribution >= 0.6 is 11.6 Å². The minimum atomic E-state index is 0.123. The number of nitrogens with one attached hydrogen (secondary N) is 1. The molecule has 1 aliphatic carbocycles. The Morgan fingerprint density at radius 2 is 1.97 bits per heavy atom. The molecule has 1 N–H and O–H groups in total. The molecule has 0 unspecified atom stereocenters. The Balaban J connectivity index is 1.35. The van der Waals surface area contributed by atoms with E-state index >= 15 is 0 Å². The molecule has 0 spiro atoms. The van der Waals surface area contributed by atoms with Gasteiger partial charge in [-0.15, -0.1) is 6.42 Å². The number of terminal acetylenes is 1. The molecule has 5 rings (SSSR count). The van der Waals surface area contributed by atoms with E-state index in [1.54, 1.807) is 12.3 Å². The number of fused-ring (bicyclic) bond motifs is 3. The van der Waals surface area contributed by atoms with Crippen molar-refractivity contribution in [3.63, 3.8) is 0 Å². The Bertz CT molecular complexity index is 1350. The van der Waals surface area contributed by atoms with Gasteiger partial charge in [0.25, 0.3) is 0 Å². The average Bonchev–Trinajstić information content (AvgIpc) is 3.38. The van der Waals surface area contributed by atoms with E-state index < -0.39 is 0 Å². The van der Waals surface area contributed by atoms with E-state index in [1.165, 1.54) is 22.4 Å². The smallest absolute Gasteiger partial charge is 0.181 e. The fraction of sp³-hybridized carbons (Fsp3) is 0.258. The molecule has 1 heterocycles. The molecular formula is C31H29ClN2O2. The number of ether oxygens (including phenoxy) is 2. The fourth-order valence-electron chi connectivity index (χ4n) is 5.14. The number of halogens is 1. The number of hydrogen-bond acceptors (Lipinski definition) is 4. The van der Waals surface area contributed by atoms with Gasteiger partial charge < -0.3 is 14.8 Å². The second-order valence-corrected chi connectivity index (χ2v) is 9.58. The third-order valence-electron chi connectivity index (χ3n) is 6.76. The van der Waals surface area contributed by atoms with Crippen molar-refractivity contribution in [2.24, 2.45) is 10.9 Å². The van der Waals surface area contributed by atoms with Crippen LogP contribution in [-0.2, 0) is 0 Å². The first kappa shape index (κ1) is 24.0. The molecule has 0 fully saturated rings. The molecule has 4 nitrogen and oxygen atoms in total. The van der Waals surface area contributed by atoms with Crippen molar-refractivity contribution in [3.05, 3.63) is 94.0 Å². The van der Waals surface area contributed by atoms with E-state index in [0.717, 1.165) is 17.7 Å². The number of hydrogen-bond donors (Lipinski definition) is 1. The van der Waals surface area contributed by atoms with E-state index in [0.29, 0.717) is 35.0 Å². The quantitative estimate of drug-likeness (QED) is 0.207. The molecule has 3 aromatic carbocycles. The monoisotopic (exact) mass is 496 g/mol. The molecule has 5 heteroatoms. The van der Waals surface area contributed by atoms with E-state index in [-0.39, 0.29) is 12.6 Å². The lowest BCUT2D eigenvalue weighted by Crippen LogP contribution is -2.29. The summed E-state index contributed by atoms with van der Waals surface area (Å²) in [5.74, 6) is 4.43. The second-order valence-electron chi connectivity index (χ2n) is 9.17. The highest BCUT2D eigenvalue weighted by Crippen LogP contribution is 2.50. The van der Waals surface area contributed by atoms with Gasteiger partial charge in [-0.25, -0.2) is 0 Å². The van der Waals surface area contributed by atoms with Crippen LogP contribution in [0.1, 0.15) is 47.6 Å². The highest BCUT2D eigenvalue weighted by Gasteiger charge is 2.37. The summed E-state index contributed by atoms with van der Waals surface area (Å²) >= 11 is 6.44.